The number of carbonyl (C=O) groups excluding carboxylic acids is 1. The number of nitrogens with zero attached hydrogens (tertiary/aromatic N) is 3. The summed E-state index contributed by atoms with van der Waals surface area (Å²) in [5, 5.41) is 8.96. The predicted octanol–water partition coefficient (Wildman–Crippen LogP) is 2.58. The fraction of sp³-hybridized carbons (Fsp3) is 0.476. The summed E-state index contributed by atoms with van der Waals surface area (Å²) in [4.78, 5) is 23.9. The molecule has 2 aliphatic heterocycles. The number of hydrogen-bond acceptors (Lipinski definition) is 6. The van der Waals surface area contributed by atoms with Gasteiger partial charge in [0.2, 0.25) is 0 Å². The Hall–Kier alpha value is -2.42. The molecule has 0 radical (unpaired) electrons. The highest BCUT2D eigenvalue weighted by atomic mass is 35.5. The van der Waals surface area contributed by atoms with Gasteiger partial charge in [-0.25, -0.2) is 14.8 Å². The summed E-state index contributed by atoms with van der Waals surface area (Å²) in [7, 11) is 0. The molecule has 0 saturated carbocycles. The number of benzene rings is 1. The van der Waals surface area contributed by atoms with Gasteiger partial charge in [0.05, 0.1) is 24.9 Å². The van der Waals surface area contributed by atoms with E-state index >= 15 is 0 Å². The lowest BCUT2D eigenvalue weighted by Gasteiger charge is -2.36. The number of ether oxygens (including phenoxy) is 1. The minimum absolute atomic E-state index is 0. The second-order valence-electron chi connectivity index (χ2n) is 7.40. The molecular weight excluding hydrogens is 404 g/mol. The molecule has 8 nitrogen and oxygen atoms in total. The van der Waals surface area contributed by atoms with Crippen LogP contribution in [0.4, 0.5) is 16.3 Å². The van der Waals surface area contributed by atoms with Crippen LogP contribution in [0, 0.1) is 0 Å². The number of amides is 2. The number of anilines is 2. The first kappa shape index (κ1) is 22.3. The molecule has 30 heavy (non-hydrogen) atoms. The third kappa shape index (κ3) is 4.83. The maximum atomic E-state index is 11.7. The molecule has 1 aromatic heterocycles. The lowest BCUT2D eigenvalue weighted by atomic mass is 10.0. The Balaban J connectivity index is 0.00000256. The van der Waals surface area contributed by atoms with Gasteiger partial charge in [0.1, 0.15) is 5.82 Å². The predicted molar refractivity (Wildman–Crippen MR) is 120 cm³/mol. The van der Waals surface area contributed by atoms with Crippen molar-refractivity contribution < 1.29 is 9.53 Å². The van der Waals surface area contributed by atoms with E-state index < -0.39 is 0 Å². The van der Waals surface area contributed by atoms with Crippen molar-refractivity contribution in [3.63, 3.8) is 0 Å². The molecule has 0 aliphatic carbocycles. The van der Waals surface area contributed by atoms with Gasteiger partial charge in [-0.05, 0) is 51.1 Å². The van der Waals surface area contributed by atoms with Crippen molar-refractivity contribution in [2.75, 3.05) is 43.1 Å². The average molecular weight is 433 g/mol. The Kier molecular flexibility index (Phi) is 7.47. The van der Waals surface area contributed by atoms with Crippen LogP contribution in [0.2, 0.25) is 0 Å². The average Bonchev–Trinajstić information content (AvgIpc) is 2.74. The number of fused-ring (bicyclic) bond motifs is 1. The number of halogens is 1. The van der Waals surface area contributed by atoms with Crippen molar-refractivity contribution in [3.05, 3.63) is 35.5 Å². The molecule has 2 amide bonds. The normalized spacial score (nSPS) is 18.2. The number of carbonyl (C=O) groups is 1. The Morgan fingerprint density at radius 1 is 1.30 bits per heavy atom. The summed E-state index contributed by atoms with van der Waals surface area (Å²) >= 11 is 0. The van der Waals surface area contributed by atoms with Crippen LogP contribution in [-0.4, -0.2) is 54.9 Å². The van der Waals surface area contributed by atoms with Crippen LogP contribution in [0.3, 0.4) is 0 Å². The molecule has 0 bridgehead atoms. The first-order valence-electron chi connectivity index (χ1n) is 10.3. The maximum Gasteiger partial charge on any atom is 0.319 e. The Bertz CT molecular complexity index is 877. The van der Waals surface area contributed by atoms with Gasteiger partial charge in [-0.2, -0.15) is 0 Å². The quantitative estimate of drug-likeness (QED) is 0.687. The van der Waals surface area contributed by atoms with E-state index in [4.69, 9.17) is 14.7 Å². The SMILES string of the molecule is CCNC(=O)Nc1ccc(-c2nc3c(c(N4CCOC[C@@H]4C)n2)CCNC3)cc1.Cl. The van der Waals surface area contributed by atoms with Crippen LogP contribution in [0.5, 0.6) is 0 Å². The van der Waals surface area contributed by atoms with Crippen molar-refractivity contribution in [2.45, 2.75) is 32.9 Å². The van der Waals surface area contributed by atoms with Crippen LogP contribution in [-0.2, 0) is 17.7 Å². The van der Waals surface area contributed by atoms with E-state index in [0.29, 0.717) is 19.0 Å². The molecule has 2 aliphatic rings. The first-order valence-corrected chi connectivity index (χ1v) is 10.3. The summed E-state index contributed by atoms with van der Waals surface area (Å²) in [6.07, 6.45) is 0.935. The molecule has 4 rings (SSSR count). The molecule has 3 N–H and O–H groups in total. The topological polar surface area (TPSA) is 91.4 Å². The summed E-state index contributed by atoms with van der Waals surface area (Å²) in [6.45, 7) is 8.63. The van der Waals surface area contributed by atoms with E-state index in [1.54, 1.807) is 0 Å². The van der Waals surface area contributed by atoms with Crippen LogP contribution >= 0.6 is 12.4 Å². The number of rotatable bonds is 4. The Morgan fingerprint density at radius 2 is 2.10 bits per heavy atom. The molecule has 1 aromatic carbocycles. The minimum atomic E-state index is -0.208. The molecule has 1 fully saturated rings. The highest BCUT2D eigenvalue weighted by Crippen LogP contribution is 2.30. The van der Waals surface area contributed by atoms with Crippen LogP contribution in [0.15, 0.2) is 24.3 Å². The fourth-order valence-corrected chi connectivity index (χ4v) is 3.79. The van der Waals surface area contributed by atoms with E-state index in [1.807, 2.05) is 31.2 Å². The van der Waals surface area contributed by atoms with Gasteiger partial charge < -0.3 is 25.6 Å². The largest absolute Gasteiger partial charge is 0.377 e. The number of urea groups is 1. The lowest BCUT2D eigenvalue weighted by Crippen LogP contribution is -2.45. The monoisotopic (exact) mass is 432 g/mol. The zero-order chi connectivity index (χ0) is 20.2. The third-order valence-corrected chi connectivity index (χ3v) is 5.29. The van der Waals surface area contributed by atoms with Gasteiger partial charge in [0, 0.05) is 36.4 Å². The third-order valence-electron chi connectivity index (χ3n) is 5.29. The summed E-state index contributed by atoms with van der Waals surface area (Å²) in [5.74, 6) is 1.75. The lowest BCUT2D eigenvalue weighted by molar-refractivity contribution is 0.0984. The molecule has 1 saturated heterocycles. The van der Waals surface area contributed by atoms with E-state index in [-0.39, 0.29) is 24.5 Å². The van der Waals surface area contributed by atoms with Crippen LogP contribution in [0.25, 0.3) is 11.4 Å². The minimum Gasteiger partial charge on any atom is -0.377 e. The molecular formula is C21H29ClN6O2. The standard InChI is InChI=1S/C21H28N6O2.ClH/c1-3-23-21(28)24-16-6-4-15(5-7-16)19-25-18-12-22-9-8-17(18)20(26-19)27-10-11-29-13-14(27)2;/h4-7,14,22H,3,8-13H2,1-2H3,(H2,23,24,28);1H/t14-;/m0./s1. The zero-order valence-electron chi connectivity index (χ0n) is 17.4. The summed E-state index contributed by atoms with van der Waals surface area (Å²) in [5.41, 5.74) is 3.98. The van der Waals surface area contributed by atoms with Crippen LogP contribution in [0.1, 0.15) is 25.1 Å². The van der Waals surface area contributed by atoms with Crippen molar-refractivity contribution in [3.8, 4) is 11.4 Å². The second kappa shape index (κ2) is 10.1. The van der Waals surface area contributed by atoms with Gasteiger partial charge in [-0.3, -0.25) is 0 Å². The summed E-state index contributed by atoms with van der Waals surface area (Å²) < 4.78 is 5.62. The van der Waals surface area contributed by atoms with Gasteiger partial charge >= 0.3 is 6.03 Å². The van der Waals surface area contributed by atoms with Crippen molar-refractivity contribution >= 4 is 29.9 Å². The smallest absolute Gasteiger partial charge is 0.319 e. The second-order valence-corrected chi connectivity index (χ2v) is 7.40. The van der Waals surface area contributed by atoms with Gasteiger partial charge in [0.25, 0.3) is 0 Å². The van der Waals surface area contributed by atoms with Crippen molar-refractivity contribution in [2.24, 2.45) is 0 Å². The van der Waals surface area contributed by atoms with Gasteiger partial charge in [0.15, 0.2) is 5.82 Å². The van der Waals surface area contributed by atoms with E-state index in [2.05, 4.69) is 27.8 Å². The van der Waals surface area contributed by atoms with E-state index in [1.165, 1.54) is 5.56 Å². The van der Waals surface area contributed by atoms with Crippen LogP contribution < -0.4 is 20.9 Å². The van der Waals surface area contributed by atoms with Gasteiger partial charge in [-0.1, -0.05) is 0 Å². The molecule has 9 heteroatoms. The fourth-order valence-electron chi connectivity index (χ4n) is 3.79. The molecule has 2 aromatic rings. The number of hydrogen-bond donors (Lipinski definition) is 3. The number of aromatic nitrogens is 2. The molecule has 3 heterocycles. The zero-order valence-corrected chi connectivity index (χ0v) is 18.2. The summed E-state index contributed by atoms with van der Waals surface area (Å²) in [6, 6.07) is 7.73. The molecule has 0 unspecified atom stereocenters. The molecule has 0 spiro atoms. The van der Waals surface area contributed by atoms with Gasteiger partial charge in [-0.15, -0.1) is 12.4 Å². The molecule has 162 valence electrons. The first-order chi connectivity index (χ1) is 14.2. The Morgan fingerprint density at radius 3 is 2.83 bits per heavy atom. The van der Waals surface area contributed by atoms with E-state index in [0.717, 1.165) is 55.4 Å². The highest BCUT2D eigenvalue weighted by Gasteiger charge is 2.27. The highest BCUT2D eigenvalue weighted by molar-refractivity contribution is 5.89. The number of morpholine rings is 1. The van der Waals surface area contributed by atoms with Crippen molar-refractivity contribution in [1.29, 1.82) is 0 Å². The number of nitrogens with one attached hydrogen (secondary N) is 3. The van der Waals surface area contributed by atoms with Crippen molar-refractivity contribution in [1.82, 2.24) is 20.6 Å². The molecule has 1 atom stereocenters. The maximum absolute atomic E-state index is 11.7. The van der Waals surface area contributed by atoms with E-state index in [9.17, 15) is 4.79 Å². The Labute approximate surface area is 183 Å².